The van der Waals surface area contributed by atoms with Gasteiger partial charge >= 0.3 is 6.09 Å². The number of hydrogen-bond donors (Lipinski definition) is 0. The second-order valence-corrected chi connectivity index (χ2v) is 6.55. The number of carbonyl (C=O) groups is 2. The van der Waals surface area contributed by atoms with E-state index in [-0.39, 0.29) is 24.6 Å². The van der Waals surface area contributed by atoms with Crippen LogP contribution < -0.4 is 0 Å². The molecule has 0 spiro atoms. The highest BCUT2D eigenvalue weighted by Gasteiger charge is 2.46. The Morgan fingerprint density at radius 2 is 1.75 bits per heavy atom. The molecule has 1 aromatic carbocycles. The van der Waals surface area contributed by atoms with Crippen LogP contribution in [0.4, 0.5) is 4.79 Å². The highest BCUT2D eigenvalue weighted by Crippen LogP contribution is 2.26. The van der Waals surface area contributed by atoms with E-state index in [4.69, 9.17) is 0 Å². The third-order valence-corrected chi connectivity index (χ3v) is 5.21. The Morgan fingerprint density at radius 3 is 2.30 bits per heavy atom. The van der Waals surface area contributed by atoms with E-state index in [2.05, 4.69) is 4.74 Å². The van der Waals surface area contributed by atoms with Gasteiger partial charge in [0.2, 0.25) is 10.0 Å². The number of rotatable bonds is 3. The number of hydrogen-bond acceptors (Lipinski definition) is 5. The zero-order valence-electron chi connectivity index (χ0n) is 10.4. The predicted octanol–water partition coefficient (Wildman–Crippen LogP) is 0.0383. The van der Waals surface area contributed by atoms with Gasteiger partial charge in [-0.05, 0) is 12.1 Å². The summed E-state index contributed by atoms with van der Waals surface area (Å²) in [5.41, 5.74) is 0. The normalized spacial score (nSPS) is 20.9. The van der Waals surface area contributed by atoms with Gasteiger partial charge in [-0.2, -0.15) is 4.31 Å². The van der Waals surface area contributed by atoms with Gasteiger partial charge in [-0.25, -0.2) is 18.1 Å². The van der Waals surface area contributed by atoms with Crippen LogP contribution in [0.2, 0.25) is 0 Å². The van der Waals surface area contributed by atoms with Gasteiger partial charge in [-0.1, -0.05) is 18.2 Å². The number of ether oxygens (including phenoxy) is 1. The maximum Gasteiger partial charge on any atom is 0.417 e. The highest BCUT2D eigenvalue weighted by molar-refractivity contribution is 7.89. The second-order valence-electron chi connectivity index (χ2n) is 4.61. The first-order valence-corrected chi connectivity index (χ1v) is 7.48. The van der Waals surface area contributed by atoms with Crippen molar-refractivity contribution in [1.82, 2.24) is 9.21 Å². The van der Waals surface area contributed by atoms with Crippen molar-refractivity contribution in [2.24, 2.45) is 0 Å². The number of sulfonamides is 1. The van der Waals surface area contributed by atoms with Crippen molar-refractivity contribution < 1.29 is 22.7 Å². The fourth-order valence-electron chi connectivity index (χ4n) is 2.23. The van der Waals surface area contributed by atoms with E-state index in [0.717, 1.165) is 4.90 Å². The zero-order valence-corrected chi connectivity index (χ0v) is 11.2. The maximum atomic E-state index is 12.2. The van der Waals surface area contributed by atoms with Gasteiger partial charge < -0.3 is 4.74 Å². The summed E-state index contributed by atoms with van der Waals surface area (Å²) in [7, 11) is -3.56. The van der Waals surface area contributed by atoms with Gasteiger partial charge in [0.05, 0.1) is 10.9 Å². The van der Waals surface area contributed by atoms with Crippen molar-refractivity contribution in [3.8, 4) is 0 Å². The fraction of sp³-hybridized carbons (Fsp3) is 0.333. The molecule has 7 nitrogen and oxygen atoms in total. The molecule has 2 heterocycles. The van der Waals surface area contributed by atoms with Gasteiger partial charge in [-0.3, -0.25) is 4.79 Å². The first-order chi connectivity index (χ1) is 9.50. The summed E-state index contributed by atoms with van der Waals surface area (Å²) in [6, 6.07) is 7.61. The van der Waals surface area contributed by atoms with E-state index in [1.165, 1.54) is 16.4 Å². The average molecular weight is 296 g/mol. The van der Waals surface area contributed by atoms with Crippen LogP contribution in [-0.4, -0.2) is 55.4 Å². The molecule has 2 fully saturated rings. The largest absolute Gasteiger partial charge is 0.439 e. The molecular weight excluding hydrogens is 284 g/mol. The van der Waals surface area contributed by atoms with Gasteiger partial charge in [0.25, 0.3) is 5.91 Å². The molecule has 106 valence electrons. The standard InChI is InChI=1S/C12H12N2O5S/c15-11-8-19-12(16)14(11)9-6-13(7-9)20(17,18)10-4-2-1-3-5-10/h1-5,9H,6-8H2. The SMILES string of the molecule is O=C1COC(=O)N1C1CN(S(=O)(=O)c2ccccc2)C1. The van der Waals surface area contributed by atoms with Gasteiger partial charge in [0.15, 0.2) is 6.61 Å². The first-order valence-electron chi connectivity index (χ1n) is 6.04. The lowest BCUT2D eigenvalue weighted by molar-refractivity contribution is -0.128. The molecule has 20 heavy (non-hydrogen) atoms. The van der Waals surface area contributed by atoms with E-state index < -0.39 is 28.1 Å². The third kappa shape index (κ3) is 1.97. The van der Waals surface area contributed by atoms with Crippen LogP contribution in [0.3, 0.4) is 0 Å². The summed E-state index contributed by atoms with van der Waals surface area (Å²) in [6.07, 6.45) is -0.697. The van der Waals surface area contributed by atoms with Crippen LogP contribution in [0.15, 0.2) is 35.2 Å². The van der Waals surface area contributed by atoms with Crippen LogP contribution in [0.1, 0.15) is 0 Å². The predicted molar refractivity (Wildman–Crippen MR) is 67.2 cm³/mol. The molecular formula is C12H12N2O5S. The molecule has 2 aliphatic heterocycles. The summed E-state index contributed by atoms with van der Waals surface area (Å²) in [5.74, 6) is -0.420. The number of benzene rings is 1. The molecule has 0 saturated carbocycles. The molecule has 0 aromatic heterocycles. The fourth-order valence-corrected chi connectivity index (χ4v) is 3.77. The Morgan fingerprint density at radius 1 is 1.10 bits per heavy atom. The zero-order chi connectivity index (χ0) is 14.3. The van der Waals surface area contributed by atoms with Crippen molar-refractivity contribution >= 4 is 22.0 Å². The van der Waals surface area contributed by atoms with Crippen molar-refractivity contribution in [3.05, 3.63) is 30.3 Å². The van der Waals surface area contributed by atoms with Crippen molar-refractivity contribution in [2.45, 2.75) is 10.9 Å². The van der Waals surface area contributed by atoms with Crippen LogP contribution in [-0.2, 0) is 19.6 Å². The van der Waals surface area contributed by atoms with Crippen LogP contribution in [0.25, 0.3) is 0 Å². The quantitative estimate of drug-likeness (QED) is 0.786. The molecule has 0 atom stereocenters. The van der Waals surface area contributed by atoms with Gasteiger partial charge in [0.1, 0.15) is 0 Å². The first kappa shape index (κ1) is 13.1. The Bertz CT molecular complexity index is 636. The lowest BCUT2D eigenvalue weighted by Crippen LogP contribution is -2.62. The summed E-state index contributed by atoms with van der Waals surface area (Å²) in [4.78, 5) is 24.0. The molecule has 0 aliphatic carbocycles. The van der Waals surface area contributed by atoms with E-state index in [1.807, 2.05) is 0 Å². The number of amides is 2. The lowest BCUT2D eigenvalue weighted by Gasteiger charge is -2.40. The van der Waals surface area contributed by atoms with Crippen LogP contribution in [0.5, 0.6) is 0 Å². The number of carbonyl (C=O) groups excluding carboxylic acids is 2. The molecule has 0 N–H and O–H groups in total. The summed E-state index contributed by atoms with van der Waals surface area (Å²) in [5, 5.41) is 0. The maximum absolute atomic E-state index is 12.2. The van der Waals surface area contributed by atoms with E-state index in [0.29, 0.717) is 0 Å². The lowest BCUT2D eigenvalue weighted by atomic mass is 10.1. The number of nitrogens with zero attached hydrogens (tertiary/aromatic N) is 2. The average Bonchev–Trinajstić information content (AvgIpc) is 2.70. The second kappa shape index (κ2) is 4.57. The Kier molecular flexibility index (Phi) is 2.98. The molecule has 1 aromatic rings. The summed E-state index contributed by atoms with van der Waals surface area (Å²) >= 11 is 0. The van der Waals surface area contributed by atoms with Gasteiger partial charge in [-0.15, -0.1) is 0 Å². The minimum atomic E-state index is -3.56. The minimum absolute atomic E-state index is 0.109. The Balaban J connectivity index is 1.72. The Hall–Kier alpha value is -1.93. The summed E-state index contributed by atoms with van der Waals surface area (Å²) < 4.78 is 30.3. The van der Waals surface area contributed by atoms with Gasteiger partial charge in [0, 0.05) is 13.1 Å². The van der Waals surface area contributed by atoms with Crippen LogP contribution in [0, 0.1) is 0 Å². The number of imide groups is 1. The molecule has 3 rings (SSSR count). The van der Waals surface area contributed by atoms with E-state index in [1.54, 1.807) is 18.2 Å². The molecule has 0 radical (unpaired) electrons. The highest BCUT2D eigenvalue weighted by atomic mass is 32.2. The van der Waals surface area contributed by atoms with Crippen LogP contribution >= 0.6 is 0 Å². The molecule has 0 unspecified atom stereocenters. The topological polar surface area (TPSA) is 84.0 Å². The molecule has 2 amide bonds. The Labute approximate surface area is 115 Å². The molecule has 2 saturated heterocycles. The van der Waals surface area contributed by atoms with E-state index >= 15 is 0 Å². The van der Waals surface area contributed by atoms with E-state index in [9.17, 15) is 18.0 Å². The molecule has 0 bridgehead atoms. The number of cyclic esters (lactones) is 1. The third-order valence-electron chi connectivity index (χ3n) is 3.36. The smallest absolute Gasteiger partial charge is 0.417 e. The monoisotopic (exact) mass is 296 g/mol. The van der Waals surface area contributed by atoms with Crippen molar-refractivity contribution in [1.29, 1.82) is 0 Å². The van der Waals surface area contributed by atoms with Crippen molar-refractivity contribution in [2.75, 3.05) is 19.7 Å². The summed E-state index contributed by atoms with van der Waals surface area (Å²) in [6.45, 7) is -0.0447. The molecule has 2 aliphatic rings. The minimum Gasteiger partial charge on any atom is -0.439 e. The van der Waals surface area contributed by atoms with Crippen molar-refractivity contribution in [3.63, 3.8) is 0 Å². The molecule has 8 heteroatoms.